The van der Waals surface area contributed by atoms with Crippen molar-refractivity contribution in [2.24, 2.45) is 16.6 Å². The summed E-state index contributed by atoms with van der Waals surface area (Å²) in [5.74, 6) is 2.36. The number of aliphatic imine (C=N–C) groups is 1. The molecule has 6 heteroatoms. The van der Waals surface area contributed by atoms with Crippen molar-refractivity contribution in [3.8, 4) is 0 Å². The van der Waals surface area contributed by atoms with Gasteiger partial charge in [0.05, 0.1) is 18.8 Å². The molecule has 2 aliphatic rings. The maximum absolute atomic E-state index is 6.02. The van der Waals surface area contributed by atoms with E-state index < -0.39 is 0 Å². The summed E-state index contributed by atoms with van der Waals surface area (Å²) in [6.07, 6.45) is 9.60. The lowest BCUT2D eigenvalue weighted by molar-refractivity contribution is 0.150. The fourth-order valence-electron chi connectivity index (χ4n) is 3.28. The van der Waals surface area contributed by atoms with Gasteiger partial charge in [-0.3, -0.25) is 9.89 Å². The molecule has 2 heterocycles. The second kappa shape index (κ2) is 9.52. The summed E-state index contributed by atoms with van der Waals surface area (Å²) >= 11 is 0. The maximum Gasteiger partial charge on any atom is 0.188 e. The van der Waals surface area contributed by atoms with E-state index in [4.69, 9.17) is 10.2 Å². The van der Waals surface area contributed by atoms with Crippen LogP contribution in [-0.2, 0) is 0 Å². The third-order valence-corrected chi connectivity index (χ3v) is 4.93. The number of hydrogen-bond donors (Lipinski definition) is 2. The molecule has 5 nitrogen and oxygen atoms in total. The zero-order valence-corrected chi connectivity index (χ0v) is 16.1. The molecule has 0 bridgehead atoms. The first-order chi connectivity index (χ1) is 10.8. The van der Waals surface area contributed by atoms with Crippen molar-refractivity contribution in [1.82, 2.24) is 10.2 Å². The van der Waals surface area contributed by atoms with Gasteiger partial charge in [-0.2, -0.15) is 0 Å². The summed E-state index contributed by atoms with van der Waals surface area (Å²) in [6.45, 7) is 3.87. The molecule has 1 atom stereocenters. The molecule has 130 valence electrons. The Kier molecular flexibility index (Phi) is 7.69. The van der Waals surface area contributed by atoms with E-state index in [2.05, 4.69) is 15.2 Å². The molecule has 3 N–H and O–H groups in total. The molecule has 1 saturated heterocycles. The molecule has 1 aromatic heterocycles. The highest BCUT2D eigenvalue weighted by Gasteiger charge is 2.24. The van der Waals surface area contributed by atoms with Crippen LogP contribution in [0.25, 0.3) is 0 Å². The van der Waals surface area contributed by atoms with Gasteiger partial charge < -0.3 is 15.5 Å². The van der Waals surface area contributed by atoms with Crippen molar-refractivity contribution in [1.29, 1.82) is 0 Å². The molecule has 0 aromatic carbocycles. The van der Waals surface area contributed by atoms with Gasteiger partial charge in [0, 0.05) is 6.54 Å². The fraction of sp³-hybridized carbons (Fsp3) is 0.706. The first-order valence-corrected chi connectivity index (χ1v) is 8.64. The third-order valence-electron chi connectivity index (χ3n) is 4.93. The summed E-state index contributed by atoms with van der Waals surface area (Å²) in [6, 6.07) is 4.21. The van der Waals surface area contributed by atoms with Crippen LogP contribution in [-0.4, -0.2) is 37.0 Å². The Morgan fingerprint density at radius 2 is 2.09 bits per heavy atom. The molecule has 1 aliphatic carbocycles. The van der Waals surface area contributed by atoms with E-state index in [9.17, 15) is 0 Å². The van der Waals surface area contributed by atoms with Crippen LogP contribution in [0, 0.1) is 5.92 Å². The van der Waals surface area contributed by atoms with Crippen LogP contribution in [0.2, 0.25) is 0 Å². The number of guanidine groups is 1. The standard InChI is InChI=1S/C17H28N4O.HI/c18-17(19-12-14-6-4-7-14)20-13-15(16-8-5-11-22-16)21-9-2-1-3-10-21;/h5,8,11,14-15H,1-4,6-7,9-10,12-13H2,(H3,18,19,20);1H. The van der Waals surface area contributed by atoms with Crippen LogP contribution in [0.1, 0.15) is 50.3 Å². The average molecular weight is 432 g/mol. The summed E-state index contributed by atoms with van der Waals surface area (Å²) in [7, 11) is 0. The van der Waals surface area contributed by atoms with Crippen LogP contribution >= 0.6 is 24.0 Å². The Bertz CT molecular complexity index is 467. The number of rotatable bonds is 6. The molecule has 1 unspecified atom stereocenters. The average Bonchev–Trinajstić information content (AvgIpc) is 3.01. The van der Waals surface area contributed by atoms with E-state index in [-0.39, 0.29) is 30.0 Å². The molecule has 1 aromatic rings. The van der Waals surface area contributed by atoms with Gasteiger partial charge in [0.1, 0.15) is 5.76 Å². The van der Waals surface area contributed by atoms with Gasteiger partial charge in [0.25, 0.3) is 0 Å². The summed E-state index contributed by atoms with van der Waals surface area (Å²) in [5.41, 5.74) is 6.02. The summed E-state index contributed by atoms with van der Waals surface area (Å²) in [5, 5.41) is 3.27. The minimum Gasteiger partial charge on any atom is -0.468 e. The van der Waals surface area contributed by atoms with Crippen molar-refractivity contribution in [2.75, 3.05) is 26.2 Å². The van der Waals surface area contributed by atoms with Gasteiger partial charge in [-0.25, -0.2) is 0 Å². The highest BCUT2D eigenvalue weighted by Crippen LogP contribution is 2.26. The van der Waals surface area contributed by atoms with Crippen LogP contribution in [0.3, 0.4) is 0 Å². The number of hydrogen-bond acceptors (Lipinski definition) is 3. The first-order valence-electron chi connectivity index (χ1n) is 8.64. The van der Waals surface area contributed by atoms with Gasteiger partial charge >= 0.3 is 0 Å². The lowest BCUT2D eigenvalue weighted by atomic mass is 9.85. The molecule has 0 radical (unpaired) electrons. The Morgan fingerprint density at radius 3 is 2.70 bits per heavy atom. The highest BCUT2D eigenvalue weighted by atomic mass is 127. The quantitative estimate of drug-likeness (QED) is 0.412. The summed E-state index contributed by atoms with van der Waals surface area (Å²) in [4.78, 5) is 7.04. The molecule has 1 saturated carbocycles. The van der Waals surface area contributed by atoms with Crippen LogP contribution in [0.15, 0.2) is 27.8 Å². The van der Waals surface area contributed by atoms with Gasteiger partial charge in [0.15, 0.2) is 5.96 Å². The number of furan rings is 1. The molecule has 2 fully saturated rings. The van der Waals surface area contributed by atoms with E-state index in [0.717, 1.165) is 31.3 Å². The predicted octanol–water partition coefficient (Wildman–Crippen LogP) is 3.13. The van der Waals surface area contributed by atoms with Crippen molar-refractivity contribution in [3.05, 3.63) is 24.2 Å². The van der Waals surface area contributed by atoms with Crippen molar-refractivity contribution in [3.63, 3.8) is 0 Å². The van der Waals surface area contributed by atoms with Gasteiger partial charge in [0.2, 0.25) is 0 Å². The second-order valence-corrected chi connectivity index (χ2v) is 6.53. The fourth-order valence-corrected chi connectivity index (χ4v) is 3.28. The lowest BCUT2D eigenvalue weighted by Gasteiger charge is -2.32. The van der Waals surface area contributed by atoms with Gasteiger partial charge in [-0.1, -0.05) is 12.8 Å². The Hall–Kier alpha value is -0.760. The lowest BCUT2D eigenvalue weighted by Crippen LogP contribution is -2.39. The van der Waals surface area contributed by atoms with Crippen molar-refractivity contribution < 1.29 is 4.42 Å². The second-order valence-electron chi connectivity index (χ2n) is 6.53. The Balaban J connectivity index is 0.00000192. The molecule has 0 amide bonds. The number of halogens is 1. The normalized spacial score (nSPS) is 21.3. The molecule has 1 aliphatic heterocycles. The van der Waals surface area contributed by atoms with E-state index in [0.29, 0.717) is 12.5 Å². The summed E-state index contributed by atoms with van der Waals surface area (Å²) < 4.78 is 5.63. The van der Waals surface area contributed by atoms with E-state index in [1.807, 2.05) is 12.1 Å². The van der Waals surface area contributed by atoms with Crippen molar-refractivity contribution >= 4 is 29.9 Å². The number of nitrogens with two attached hydrogens (primary N) is 1. The first kappa shape index (κ1) is 18.6. The van der Waals surface area contributed by atoms with E-state index >= 15 is 0 Å². The number of piperidine rings is 1. The molecular formula is C17H29IN4O. The van der Waals surface area contributed by atoms with Crippen LogP contribution in [0.4, 0.5) is 0 Å². The Labute approximate surface area is 156 Å². The monoisotopic (exact) mass is 432 g/mol. The van der Waals surface area contributed by atoms with Gasteiger partial charge in [-0.15, -0.1) is 24.0 Å². The predicted molar refractivity (Wildman–Crippen MR) is 104 cm³/mol. The van der Waals surface area contributed by atoms with Crippen LogP contribution in [0.5, 0.6) is 0 Å². The Morgan fingerprint density at radius 1 is 1.30 bits per heavy atom. The SMILES string of the molecule is I.NC(=NCC(c1ccco1)N1CCCCC1)NCC1CCC1. The van der Waals surface area contributed by atoms with E-state index in [1.165, 1.54) is 38.5 Å². The molecule has 23 heavy (non-hydrogen) atoms. The third kappa shape index (κ3) is 5.38. The number of likely N-dealkylation sites (tertiary alicyclic amines) is 1. The van der Waals surface area contributed by atoms with E-state index in [1.54, 1.807) is 6.26 Å². The smallest absolute Gasteiger partial charge is 0.188 e. The van der Waals surface area contributed by atoms with Crippen LogP contribution < -0.4 is 11.1 Å². The molecular weight excluding hydrogens is 403 g/mol. The zero-order valence-electron chi connectivity index (χ0n) is 13.7. The molecule has 3 rings (SSSR count). The zero-order chi connectivity index (χ0) is 15.2. The topological polar surface area (TPSA) is 66.8 Å². The minimum atomic E-state index is 0. The number of nitrogens with one attached hydrogen (secondary N) is 1. The maximum atomic E-state index is 6.02. The van der Waals surface area contributed by atoms with Crippen molar-refractivity contribution in [2.45, 2.75) is 44.6 Å². The molecule has 0 spiro atoms. The largest absolute Gasteiger partial charge is 0.468 e. The minimum absolute atomic E-state index is 0. The number of nitrogens with zero attached hydrogens (tertiary/aromatic N) is 2. The highest BCUT2D eigenvalue weighted by molar-refractivity contribution is 14.0. The van der Waals surface area contributed by atoms with Gasteiger partial charge in [-0.05, 0) is 56.8 Å².